The summed E-state index contributed by atoms with van der Waals surface area (Å²) in [6.45, 7) is 0. The molecule has 3 nitrogen and oxygen atoms in total. The molecule has 0 spiro atoms. The van der Waals surface area contributed by atoms with E-state index >= 15 is 0 Å². The lowest BCUT2D eigenvalue weighted by molar-refractivity contribution is 1.12. The van der Waals surface area contributed by atoms with E-state index in [0.717, 1.165) is 16.2 Å². The van der Waals surface area contributed by atoms with Gasteiger partial charge in [0.1, 0.15) is 10.6 Å². The fourth-order valence-corrected chi connectivity index (χ4v) is 3.92. The number of anilines is 2. The average Bonchev–Trinajstić information content (AvgIpc) is 2.99. The van der Waals surface area contributed by atoms with Gasteiger partial charge in [-0.15, -0.1) is 11.3 Å². The van der Waals surface area contributed by atoms with Gasteiger partial charge in [0.15, 0.2) is 5.43 Å². The molecule has 0 aliphatic rings. The van der Waals surface area contributed by atoms with Crippen LogP contribution in [-0.4, -0.2) is 4.57 Å². The van der Waals surface area contributed by atoms with Crippen molar-refractivity contribution >= 4 is 44.7 Å². The molecule has 118 valence electrons. The summed E-state index contributed by atoms with van der Waals surface area (Å²) in [7, 11) is 0. The van der Waals surface area contributed by atoms with Crippen molar-refractivity contribution in [3.05, 3.63) is 87.4 Å². The molecule has 0 saturated carbocycles. The Morgan fingerprint density at radius 2 is 1.58 bits per heavy atom. The van der Waals surface area contributed by atoms with Crippen molar-refractivity contribution < 1.29 is 0 Å². The van der Waals surface area contributed by atoms with Crippen LogP contribution in [0.4, 0.5) is 11.5 Å². The molecular formula is C19H13ClN2OS. The maximum absolute atomic E-state index is 12.5. The van der Waals surface area contributed by atoms with Gasteiger partial charge in [-0.25, -0.2) is 0 Å². The SMILES string of the molecule is O=c1cc(Nc2ccccc2)n(-c2ccccc2)c2sc(Cl)cc12. The molecule has 24 heavy (non-hydrogen) atoms. The Hall–Kier alpha value is -2.56. The van der Waals surface area contributed by atoms with Crippen LogP contribution in [0, 0.1) is 0 Å². The Morgan fingerprint density at radius 3 is 2.29 bits per heavy atom. The molecule has 0 radical (unpaired) electrons. The van der Waals surface area contributed by atoms with Gasteiger partial charge >= 0.3 is 0 Å². The Balaban J connectivity index is 2.00. The maximum Gasteiger partial charge on any atom is 0.192 e. The first kappa shape index (κ1) is 15.0. The summed E-state index contributed by atoms with van der Waals surface area (Å²) in [5.41, 5.74) is 1.85. The molecule has 5 heteroatoms. The van der Waals surface area contributed by atoms with Gasteiger partial charge in [0.2, 0.25) is 0 Å². The van der Waals surface area contributed by atoms with E-state index in [0.29, 0.717) is 15.5 Å². The molecule has 0 saturated heterocycles. The van der Waals surface area contributed by atoms with Crippen molar-refractivity contribution in [1.29, 1.82) is 0 Å². The number of fused-ring (bicyclic) bond motifs is 1. The predicted molar refractivity (Wildman–Crippen MR) is 102 cm³/mol. The lowest BCUT2D eigenvalue weighted by Crippen LogP contribution is -2.10. The molecule has 0 unspecified atom stereocenters. The highest BCUT2D eigenvalue weighted by Crippen LogP contribution is 2.32. The molecule has 2 aromatic carbocycles. The van der Waals surface area contributed by atoms with E-state index in [1.165, 1.54) is 11.3 Å². The molecule has 0 fully saturated rings. The summed E-state index contributed by atoms with van der Waals surface area (Å²) in [6.07, 6.45) is 0. The second-order valence-electron chi connectivity index (χ2n) is 5.33. The lowest BCUT2D eigenvalue weighted by atomic mass is 10.2. The average molecular weight is 353 g/mol. The van der Waals surface area contributed by atoms with Gasteiger partial charge in [-0.2, -0.15) is 0 Å². The van der Waals surface area contributed by atoms with Crippen molar-refractivity contribution in [2.45, 2.75) is 0 Å². The standard InChI is InChI=1S/C19H13ClN2OS/c20-17-11-15-16(23)12-18(21-13-7-3-1-4-8-13)22(19(15)24-17)14-9-5-2-6-10-14/h1-12,21H. The Labute approximate surface area is 147 Å². The minimum atomic E-state index is -0.0428. The number of para-hydroxylation sites is 2. The van der Waals surface area contributed by atoms with E-state index in [4.69, 9.17) is 11.6 Å². The molecule has 0 atom stereocenters. The van der Waals surface area contributed by atoms with Crippen LogP contribution in [0.25, 0.3) is 15.9 Å². The number of rotatable bonds is 3. The van der Waals surface area contributed by atoms with E-state index in [1.807, 2.05) is 65.2 Å². The number of halogens is 1. The highest BCUT2D eigenvalue weighted by atomic mass is 35.5. The first-order valence-corrected chi connectivity index (χ1v) is 8.64. The zero-order chi connectivity index (χ0) is 16.5. The highest BCUT2D eigenvalue weighted by molar-refractivity contribution is 7.22. The molecule has 4 aromatic rings. The van der Waals surface area contributed by atoms with Crippen LogP contribution in [0.15, 0.2) is 77.6 Å². The second-order valence-corrected chi connectivity index (χ2v) is 6.99. The molecule has 0 aliphatic carbocycles. The van der Waals surface area contributed by atoms with Crippen molar-refractivity contribution in [2.75, 3.05) is 5.32 Å². The third kappa shape index (κ3) is 2.70. The monoisotopic (exact) mass is 352 g/mol. The number of hydrogen-bond acceptors (Lipinski definition) is 3. The number of aromatic nitrogens is 1. The van der Waals surface area contributed by atoms with Crippen LogP contribution in [0.2, 0.25) is 4.34 Å². The second kappa shape index (κ2) is 6.15. The number of nitrogens with zero attached hydrogens (tertiary/aromatic N) is 1. The fourth-order valence-electron chi connectivity index (χ4n) is 2.67. The van der Waals surface area contributed by atoms with Gasteiger partial charge in [0.05, 0.1) is 9.72 Å². The molecule has 0 amide bonds. The van der Waals surface area contributed by atoms with Gasteiger partial charge in [-0.1, -0.05) is 48.0 Å². The summed E-state index contributed by atoms with van der Waals surface area (Å²) >= 11 is 7.57. The molecule has 0 bridgehead atoms. The largest absolute Gasteiger partial charge is 0.341 e. The van der Waals surface area contributed by atoms with Crippen LogP contribution >= 0.6 is 22.9 Å². The third-order valence-corrected chi connectivity index (χ3v) is 4.97. The Bertz CT molecular complexity index is 1060. The van der Waals surface area contributed by atoms with Gasteiger partial charge in [0, 0.05) is 17.4 Å². The van der Waals surface area contributed by atoms with Crippen LogP contribution in [0.3, 0.4) is 0 Å². The number of benzene rings is 2. The van der Waals surface area contributed by atoms with E-state index in [9.17, 15) is 4.79 Å². The highest BCUT2D eigenvalue weighted by Gasteiger charge is 2.14. The maximum atomic E-state index is 12.5. The smallest absolute Gasteiger partial charge is 0.192 e. The van der Waals surface area contributed by atoms with Crippen LogP contribution in [-0.2, 0) is 0 Å². The summed E-state index contributed by atoms with van der Waals surface area (Å²) in [6, 6.07) is 23.1. The number of thiophene rings is 1. The molecule has 1 N–H and O–H groups in total. The quantitative estimate of drug-likeness (QED) is 0.532. The summed E-state index contributed by atoms with van der Waals surface area (Å²) in [4.78, 5) is 13.3. The van der Waals surface area contributed by atoms with Gasteiger partial charge in [-0.05, 0) is 30.3 Å². The normalized spacial score (nSPS) is 10.9. The van der Waals surface area contributed by atoms with Crippen LogP contribution in [0.1, 0.15) is 0 Å². The van der Waals surface area contributed by atoms with Crippen LogP contribution in [0.5, 0.6) is 0 Å². The summed E-state index contributed by atoms with van der Waals surface area (Å²) < 4.78 is 2.63. The first-order valence-electron chi connectivity index (χ1n) is 7.45. The zero-order valence-corrected chi connectivity index (χ0v) is 14.1. The third-order valence-electron chi connectivity index (χ3n) is 3.72. The fraction of sp³-hybridized carbons (Fsp3) is 0. The van der Waals surface area contributed by atoms with Gasteiger partial charge in [0.25, 0.3) is 0 Å². The minimum absolute atomic E-state index is 0.0428. The van der Waals surface area contributed by atoms with E-state index in [1.54, 1.807) is 12.1 Å². The van der Waals surface area contributed by atoms with E-state index in [-0.39, 0.29) is 5.43 Å². The van der Waals surface area contributed by atoms with Crippen molar-refractivity contribution in [3.63, 3.8) is 0 Å². The minimum Gasteiger partial charge on any atom is -0.341 e. The summed E-state index contributed by atoms with van der Waals surface area (Å²) in [5.74, 6) is 0.711. The number of pyridine rings is 1. The molecule has 4 rings (SSSR count). The topological polar surface area (TPSA) is 34.0 Å². The van der Waals surface area contributed by atoms with E-state index in [2.05, 4.69) is 5.32 Å². The van der Waals surface area contributed by atoms with Crippen molar-refractivity contribution in [2.24, 2.45) is 0 Å². The Kier molecular flexibility index (Phi) is 3.84. The van der Waals surface area contributed by atoms with E-state index < -0.39 is 0 Å². The molecule has 0 aliphatic heterocycles. The van der Waals surface area contributed by atoms with Gasteiger partial charge in [-0.3, -0.25) is 9.36 Å². The Morgan fingerprint density at radius 1 is 0.917 bits per heavy atom. The van der Waals surface area contributed by atoms with Crippen molar-refractivity contribution in [1.82, 2.24) is 4.57 Å². The van der Waals surface area contributed by atoms with Crippen molar-refractivity contribution in [3.8, 4) is 5.69 Å². The molecule has 2 heterocycles. The molecule has 2 aromatic heterocycles. The number of nitrogens with one attached hydrogen (secondary N) is 1. The predicted octanol–water partition coefficient (Wildman–Crippen LogP) is 5.45. The molecular weight excluding hydrogens is 340 g/mol. The number of hydrogen-bond donors (Lipinski definition) is 1. The van der Waals surface area contributed by atoms with Crippen LogP contribution < -0.4 is 10.7 Å². The summed E-state index contributed by atoms with van der Waals surface area (Å²) in [5, 5.41) is 3.97. The van der Waals surface area contributed by atoms with Gasteiger partial charge < -0.3 is 5.32 Å². The lowest BCUT2D eigenvalue weighted by Gasteiger charge is -2.16. The first-order chi connectivity index (χ1) is 11.7. The zero-order valence-electron chi connectivity index (χ0n) is 12.6.